The molecule has 0 unspecified atom stereocenters. The fraction of sp³-hybridized carbons (Fsp3) is 0.100. The number of para-hydroxylation sites is 1. The number of hydrogen-bond acceptors (Lipinski definition) is 4. The molecule has 0 saturated carbocycles. The summed E-state index contributed by atoms with van der Waals surface area (Å²) >= 11 is 0. The second-order valence-corrected chi connectivity index (χ2v) is 2.99. The maximum Gasteiger partial charge on any atom is 0.281 e. The van der Waals surface area contributed by atoms with E-state index < -0.39 is 0 Å². The van der Waals surface area contributed by atoms with Gasteiger partial charge in [-0.3, -0.25) is 4.79 Å². The van der Waals surface area contributed by atoms with E-state index in [1.807, 2.05) is 30.3 Å². The van der Waals surface area contributed by atoms with Gasteiger partial charge in [-0.1, -0.05) is 23.4 Å². The molecule has 2 rings (SSSR count). The fourth-order valence-corrected chi connectivity index (χ4v) is 1.20. The van der Waals surface area contributed by atoms with Gasteiger partial charge in [0.15, 0.2) is 5.69 Å². The Hall–Kier alpha value is -2.17. The third-order valence-electron chi connectivity index (χ3n) is 2.03. The molecule has 0 aliphatic heterocycles. The Bertz CT molecular complexity index is 439. The van der Waals surface area contributed by atoms with Crippen molar-refractivity contribution in [2.24, 2.45) is 0 Å². The highest BCUT2D eigenvalue weighted by atomic mass is 16.6. The third-order valence-corrected chi connectivity index (χ3v) is 2.03. The second-order valence-electron chi connectivity index (χ2n) is 2.99. The molecule has 0 N–H and O–H groups in total. The summed E-state index contributed by atoms with van der Waals surface area (Å²) < 4.78 is 4.37. The Balaban J connectivity index is 2.23. The number of amides is 1. The Morgan fingerprint density at radius 3 is 2.67 bits per heavy atom. The highest BCUT2D eigenvalue weighted by molar-refractivity contribution is 6.03. The molecule has 0 aliphatic rings. The number of benzene rings is 1. The van der Waals surface area contributed by atoms with Crippen LogP contribution in [0.4, 0.5) is 5.69 Å². The summed E-state index contributed by atoms with van der Waals surface area (Å²) in [5.41, 5.74) is 0.992. The normalized spacial score (nSPS) is 9.93. The lowest BCUT2D eigenvalue weighted by atomic mass is 10.3. The van der Waals surface area contributed by atoms with Gasteiger partial charge < -0.3 is 4.90 Å². The van der Waals surface area contributed by atoms with Crippen LogP contribution in [0, 0.1) is 0 Å². The molecule has 1 heterocycles. The van der Waals surface area contributed by atoms with E-state index in [-0.39, 0.29) is 11.6 Å². The van der Waals surface area contributed by atoms with Crippen molar-refractivity contribution in [1.82, 2.24) is 10.3 Å². The Morgan fingerprint density at radius 1 is 1.33 bits per heavy atom. The summed E-state index contributed by atoms with van der Waals surface area (Å²) in [6.07, 6.45) is 1.29. The number of carbonyl (C=O) groups excluding carboxylic acids is 1. The molecule has 0 saturated heterocycles. The standard InChI is InChI=1S/C10H9N3O2/c1-13(8-5-3-2-4-6-8)10(14)9-7-11-15-12-9/h2-7H,1H3. The minimum atomic E-state index is -0.248. The van der Waals surface area contributed by atoms with Crippen LogP contribution in [-0.4, -0.2) is 23.3 Å². The molecule has 5 nitrogen and oxygen atoms in total. The van der Waals surface area contributed by atoms with Gasteiger partial charge >= 0.3 is 0 Å². The lowest BCUT2D eigenvalue weighted by molar-refractivity contribution is 0.0983. The smallest absolute Gasteiger partial charge is 0.281 e. The third kappa shape index (κ3) is 1.85. The van der Waals surface area contributed by atoms with E-state index in [0.717, 1.165) is 5.69 Å². The van der Waals surface area contributed by atoms with Gasteiger partial charge in [0.1, 0.15) is 6.20 Å². The average Bonchev–Trinajstić information content (AvgIpc) is 2.82. The molecule has 1 aromatic heterocycles. The van der Waals surface area contributed by atoms with E-state index in [9.17, 15) is 4.79 Å². The van der Waals surface area contributed by atoms with Crippen LogP contribution in [-0.2, 0) is 0 Å². The summed E-state index contributed by atoms with van der Waals surface area (Å²) in [6, 6.07) is 9.29. The van der Waals surface area contributed by atoms with Gasteiger partial charge in [-0.15, -0.1) is 0 Å². The van der Waals surface area contributed by atoms with Crippen molar-refractivity contribution in [3.63, 3.8) is 0 Å². The van der Waals surface area contributed by atoms with Gasteiger partial charge in [0, 0.05) is 12.7 Å². The van der Waals surface area contributed by atoms with E-state index in [4.69, 9.17) is 0 Å². The first-order valence-corrected chi connectivity index (χ1v) is 4.39. The van der Waals surface area contributed by atoms with Gasteiger partial charge in [-0.2, -0.15) is 0 Å². The van der Waals surface area contributed by atoms with Crippen LogP contribution in [0.1, 0.15) is 10.5 Å². The van der Waals surface area contributed by atoms with Crippen molar-refractivity contribution in [2.45, 2.75) is 0 Å². The highest BCUT2D eigenvalue weighted by Crippen LogP contribution is 2.13. The molecule has 0 bridgehead atoms. The van der Waals surface area contributed by atoms with Gasteiger partial charge in [0.05, 0.1) is 0 Å². The van der Waals surface area contributed by atoms with Crippen molar-refractivity contribution in [3.05, 3.63) is 42.2 Å². The largest absolute Gasteiger partial charge is 0.310 e. The first-order valence-electron chi connectivity index (χ1n) is 4.39. The van der Waals surface area contributed by atoms with Gasteiger partial charge in [0.2, 0.25) is 0 Å². The maximum absolute atomic E-state index is 11.8. The van der Waals surface area contributed by atoms with Crippen molar-refractivity contribution in [3.8, 4) is 0 Å². The average molecular weight is 203 g/mol. The van der Waals surface area contributed by atoms with E-state index in [2.05, 4.69) is 14.9 Å². The van der Waals surface area contributed by atoms with Gasteiger partial charge in [-0.05, 0) is 17.3 Å². The first kappa shape index (κ1) is 9.39. The van der Waals surface area contributed by atoms with E-state index in [1.54, 1.807) is 7.05 Å². The summed E-state index contributed by atoms with van der Waals surface area (Å²) in [5.74, 6) is -0.248. The molecule has 0 spiro atoms. The lowest BCUT2D eigenvalue weighted by Crippen LogP contribution is -2.26. The zero-order valence-corrected chi connectivity index (χ0v) is 8.12. The second kappa shape index (κ2) is 3.91. The SMILES string of the molecule is CN(C(=O)c1cnon1)c1ccccc1. The predicted octanol–water partition coefficient (Wildman–Crippen LogP) is 1.35. The number of rotatable bonds is 2. The van der Waals surface area contributed by atoms with Crippen molar-refractivity contribution >= 4 is 11.6 Å². The number of aromatic nitrogens is 2. The molecule has 5 heteroatoms. The van der Waals surface area contributed by atoms with Crippen LogP contribution < -0.4 is 4.90 Å². The molecule has 1 amide bonds. The minimum Gasteiger partial charge on any atom is -0.310 e. The van der Waals surface area contributed by atoms with E-state index in [1.165, 1.54) is 11.1 Å². The van der Waals surface area contributed by atoms with Crippen LogP contribution in [0.5, 0.6) is 0 Å². The summed E-state index contributed by atoms with van der Waals surface area (Å²) in [5, 5.41) is 6.87. The molecular formula is C10H9N3O2. The minimum absolute atomic E-state index is 0.196. The van der Waals surface area contributed by atoms with Crippen LogP contribution in [0.15, 0.2) is 41.2 Å². The Kier molecular flexibility index (Phi) is 2.45. The van der Waals surface area contributed by atoms with Crippen molar-refractivity contribution < 1.29 is 9.42 Å². The molecular weight excluding hydrogens is 194 g/mol. The van der Waals surface area contributed by atoms with Gasteiger partial charge in [-0.25, -0.2) is 4.63 Å². The molecule has 2 aromatic rings. The fourth-order valence-electron chi connectivity index (χ4n) is 1.20. The number of hydrogen-bond donors (Lipinski definition) is 0. The zero-order valence-electron chi connectivity index (χ0n) is 8.12. The molecule has 0 radical (unpaired) electrons. The Morgan fingerprint density at radius 2 is 2.07 bits per heavy atom. The molecule has 0 atom stereocenters. The van der Waals surface area contributed by atoms with Crippen LogP contribution >= 0.6 is 0 Å². The molecule has 1 aromatic carbocycles. The van der Waals surface area contributed by atoms with E-state index >= 15 is 0 Å². The highest BCUT2D eigenvalue weighted by Gasteiger charge is 2.16. The monoisotopic (exact) mass is 203 g/mol. The quantitative estimate of drug-likeness (QED) is 0.739. The topological polar surface area (TPSA) is 59.2 Å². The summed E-state index contributed by atoms with van der Waals surface area (Å²) in [7, 11) is 1.67. The van der Waals surface area contributed by atoms with Gasteiger partial charge in [0.25, 0.3) is 5.91 Å². The van der Waals surface area contributed by atoms with Crippen LogP contribution in [0.2, 0.25) is 0 Å². The first-order chi connectivity index (χ1) is 7.29. The number of nitrogens with zero attached hydrogens (tertiary/aromatic N) is 3. The number of carbonyl (C=O) groups is 1. The van der Waals surface area contributed by atoms with E-state index in [0.29, 0.717) is 0 Å². The molecule has 0 aliphatic carbocycles. The molecule has 15 heavy (non-hydrogen) atoms. The molecule has 76 valence electrons. The zero-order chi connectivity index (χ0) is 10.7. The van der Waals surface area contributed by atoms with Crippen molar-refractivity contribution in [2.75, 3.05) is 11.9 Å². The van der Waals surface area contributed by atoms with Crippen molar-refractivity contribution in [1.29, 1.82) is 0 Å². The Labute approximate surface area is 86.3 Å². The lowest BCUT2D eigenvalue weighted by Gasteiger charge is -2.14. The van der Waals surface area contributed by atoms with Crippen LogP contribution in [0.3, 0.4) is 0 Å². The maximum atomic E-state index is 11.8. The van der Waals surface area contributed by atoms with Crippen LogP contribution in [0.25, 0.3) is 0 Å². The number of anilines is 1. The summed E-state index contributed by atoms with van der Waals surface area (Å²) in [6.45, 7) is 0. The molecule has 0 fully saturated rings. The predicted molar refractivity (Wildman–Crippen MR) is 53.5 cm³/mol. The summed E-state index contributed by atoms with van der Waals surface area (Å²) in [4.78, 5) is 13.3.